The number of para-hydroxylation sites is 2. The van der Waals surface area contributed by atoms with Gasteiger partial charge in [-0.3, -0.25) is 9.59 Å². The first kappa shape index (κ1) is 18.4. The highest BCUT2D eigenvalue weighted by molar-refractivity contribution is 6.30. The number of piperazine rings is 1. The van der Waals surface area contributed by atoms with E-state index in [-0.39, 0.29) is 11.6 Å². The Labute approximate surface area is 175 Å². The molecule has 3 aromatic carbocycles. The highest BCUT2D eigenvalue weighted by Gasteiger charge is 2.33. The molecule has 3 aromatic rings. The highest BCUT2D eigenvalue weighted by Crippen LogP contribution is 2.35. The summed E-state index contributed by atoms with van der Waals surface area (Å²) in [6.45, 7) is 3.14. The van der Waals surface area contributed by atoms with Crippen molar-refractivity contribution in [1.82, 2.24) is 0 Å². The monoisotopic (exact) mass is 398 g/mol. The molecule has 1 heterocycles. The summed E-state index contributed by atoms with van der Waals surface area (Å²) in [4.78, 5) is 30.8. The summed E-state index contributed by atoms with van der Waals surface area (Å²) < 4.78 is 5.51. The second kappa shape index (κ2) is 7.34. The number of rotatable bonds is 3. The quantitative estimate of drug-likeness (QED) is 0.525. The van der Waals surface area contributed by atoms with Gasteiger partial charge in [0.15, 0.2) is 11.6 Å². The van der Waals surface area contributed by atoms with Crippen molar-refractivity contribution >= 4 is 22.9 Å². The lowest BCUT2D eigenvalue weighted by molar-refractivity contribution is 0.0979. The smallest absolute Gasteiger partial charge is 0.196 e. The van der Waals surface area contributed by atoms with Crippen molar-refractivity contribution < 1.29 is 14.3 Å². The van der Waals surface area contributed by atoms with Crippen molar-refractivity contribution in [3.8, 4) is 5.75 Å². The van der Waals surface area contributed by atoms with E-state index in [9.17, 15) is 9.59 Å². The standard InChI is InChI=1S/C25H22N2O3/c1-30-22-12-5-4-10-20(22)26-13-15-27(16-14-26)21-11-6-9-19-23(21)25(29)18-8-3-2-7-17(18)24(19)28/h2-12H,13-16H2,1H3. The molecule has 0 atom stereocenters. The van der Waals surface area contributed by atoms with Gasteiger partial charge in [0.1, 0.15) is 5.75 Å². The molecule has 150 valence electrons. The third-order valence-electron chi connectivity index (χ3n) is 5.98. The summed E-state index contributed by atoms with van der Waals surface area (Å²) in [5.41, 5.74) is 3.95. The van der Waals surface area contributed by atoms with Crippen molar-refractivity contribution in [2.45, 2.75) is 0 Å². The van der Waals surface area contributed by atoms with Crippen molar-refractivity contribution in [2.75, 3.05) is 43.1 Å². The van der Waals surface area contributed by atoms with Crippen LogP contribution in [-0.2, 0) is 0 Å². The van der Waals surface area contributed by atoms with E-state index < -0.39 is 0 Å². The molecule has 1 saturated heterocycles. The van der Waals surface area contributed by atoms with Crippen LogP contribution >= 0.6 is 0 Å². The molecule has 0 N–H and O–H groups in total. The first-order valence-electron chi connectivity index (χ1n) is 10.1. The Kier molecular flexibility index (Phi) is 4.51. The lowest BCUT2D eigenvalue weighted by Crippen LogP contribution is -2.47. The minimum Gasteiger partial charge on any atom is -0.495 e. The molecule has 30 heavy (non-hydrogen) atoms. The second-order valence-electron chi connectivity index (χ2n) is 7.55. The van der Waals surface area contributed by atoms with E-state index in [1.807, 2.05) is 36.4 Å². The van der Waals surface area contributed by atoms with Gasteiger partial charge in [-0.2, -0.15) is 0 Å². The van der Waals surface area contributed by atoms with Gasteiger partial charge in [-0.1, -0.05) is 48.5 Å². The molecule has 0 amide bonds. The highest BCUT2D eigenvalue weighted by atomic mass is 16.5. The number of carbonyl (C=O) groups is 2. The van der Waals surface area contributed by atoms with Crippen molar-refractivity contribution in [2.24, 2.45) is 0 Å². The fraction of sp³-hybridized carbons (Fsp3) is 0.200. The predicted octanol–water partition coefficient (Wildman–Crippen LogP) is 3.80. The van der Waals surface area contributed by atoms with Gasteiger partial charge in [0.05, 0.1) is 18.4 Å². The molecule has 5 nitrogen and oxygen atoms in total. The molecule has 0 unspecified atom stereocenters. The summed E-state index contributed by atoms with van der Waals surface area (Å²) in [6, 6.07) is 20.7. The van der Waals surface area contributed by atoms with Gasteiger partial charge in [0.25, 0.3) is 0 Å². The Morgan fingerprint density at radius 2 is 1.17 bits per heavy atom. The Hall–Kier alpha value is -3.60. The molecule has 5 heteroatoms. The van der Waals surface area contributed by atoms with Crippen LogP contribution in [0.15, 0.2) is 66.7 Å². The van der Waals surface area contributed by atoms with Crippen LogP contribution in [0.4, 0.5) is 11.4 Å². The normalized spacial score (nSPS) is 15.6. The number of hydrogen-bond acceptors (Lipinski definition) is 5. The minimum atomic E-state index is -0.0743. The molecule has 2 aliphatic rings. The van der Waals surface area contributed by atoms with E-state index in [4.69, 9.17) is 4.74 Å². The Bertz CT molecular complexity index is 1150. The lowest BCUT2D eigenvalue weighted by Gasteiger charge is -2.39. The molecule has 0 bridgehead atoms. The Balaban J connectivity index is 1.45. The second-order valence-corrected chi connectivity index (χ2v) is 7.55. The number of anilines is 2. The van der Waals surface area contributed by atoms with E-state index in [1.54, 1.807) is 31.4 Å². The number of ether oxygens (including phenoxy) is 1. The number of fused-ring (bicyclic) bond motifs is 2. The zero-order valence-electron chi connectivity index (χ0n) is 16.8. The van der Waals surface area contributed by atoms with Crippen molar-refractivity contribution in [1.29, 1.82) is 0 Å². The zero-order valence-corrected chi connectivity index (χ0v) is 16.8. The van der Waals surface area contributed by atoms with Gasteiger partial charge < -0.3 is 14.5 Å². The number of methoxy groups -OCH3 is 1. The topological polar surface area (TPSA) is 49.9 Å². The predicted molar refractivity (Wildman–Crippen MR) is 117 cm³/mol. The summed E-state index contributed by atoms with van der Waals surface area (Å²) in [5.74, 6) is 0.720. The fourth-order valence-corrected chi connectivity index (χ4v) is 4.47. The first-order chi connectivity index (χ1) is 14.7. The van der Waals surface area contributed by atoms with Gasteiger partial charge in [0.2, 0.25) is 0 Å². The first-order valence-corrected chi connectivity index (χ1v) is 10.1. The lowest BCUT2D eigenvalue weighted by atomic mass is 9.83. The minimum absolute atomic E-state index is 0.0667. The van der Waals surface area contributed by atoms with Crippen molar-refractivity contribution in [3.63, 3.8) is 0 Å². The third kappa shape index (κ3) is 2.86. The average molecular weight is 398 g/mol. The van der Waals surface area contributed by atoms with E-state index in [0.29, 0.717) is 22.3 Å². The van der Waals surface area contributed by atoms with Crippen LogP contribution in [0.25, 0.3) is 0 Å². The zero-order chi connectivity index (χ0) is 20.7. The molecular formula is C25H22N2O3. The van der Waals surface area contributed by atoms with Gasteiger partial charge in [-0.15, -0.1) is 0 Å². The van der Waals surface area contributed by atoms with E-state index in [2.05, 4.69) is 15.9 Å². The molecule has 5 rings (SSSR count). The summed E-state index contributed by atoms with van der Waals surface area (Å²) in [5, 5.41) is 0. The maximum absolute atomic E-state index is 13.3. The number of ketones is 2. The van der Waals surface area contributed by atoms with Gasteiger partial charge >= 0.3 is 0 Å². The molecule has 0 aromatic heterocycles. The summed E-state index contributed by atoms with van der Waals surface area (Å²) in [7, 11) is 1.69. The molecule has 0 saturated carbocycles. The fourth-order valence-electron chi connectivity index (χ4n) is 4.47. The van der Waals surface area contributed by atoms with Crippen LogP contribution < -0.4 is 14.5 Å². The molecule has 1 aliphatic heterocycles. The largest absolute Gasteiger partial charge is 0.495 e. The molecule has 1 fully saturated rings. The van der Waals surface area contributed by atoms with E-state index in [0.717, 1.165) is 43.3 Å². The number of benzene rings is 3. The van der Waals surface area contributed by atoms with Gasteiger partial charge in [-0.05, 0) is 18.2 Å². The summed E-state index contributed by atoms with van der Waals surface area (Å²) >= 11 is 0. The van der Waals surface area contributed by atoms with Crippen LogP contribution in [-0.4, -0.2) is 44.9 Å². The van der Waals surface area contributed by atoms with Crippen molar-refractivity contribution in [3.05, 3.63) is 89.0 Å². The number of nitrogens with zero attached hydrogens (tertiary/aromatic N) is 2. The molecular weight excluding hydrogens is 376 g/mol. The SMILES string of the molecule is COc1ccccc1N1CCN(c2cccc3c2C(=O)c2ccccc2C3=O)CC1. The van der Waals surface area contributed by atoms with E-state index >= 15 is 0 Å². The van der Waals surface area contributed by atoms with Crippen LogP contribution in [0.1, 0.15) is 31.8 Å². The maximum atomic E-state index is 13.3. The number of carbonyl (C=O) groups excluding carboxylic acids is 2. The molecule has 1 aliphatic carbocycles. The number of hydrogen-bond donors (Lipinski definition) is 0. The average Bonchev–Trinajstić information content (AvgIpc) is 2.82. The third-order valence-corrected chi connectivity index (χ3v) is 5.98. The van der Waals surface area contributed by atoms with Crippen LogP contribution in [0.3, 0.4) is 0 Å². The van der Waals surface area contributed by atoms with Crippen LogP contribution in [0, 0.1) is 0 Å². The van der Waals surface area contributed by atoms with Crippen LogP contribution in [0.2, 0.25) is 0 Å². The van der Waals surface area contributed by atoms with Gasteiger partial charge in [0, 0.05) is 48.6 Å². The Morgan fingerprint density at radius 1 is 0.633 bits per heavy atom. The summed E-state index contributed by atoms with van der Waals surface area (Å²) in [6.07, 6.45) is 0. The molecule has 0 spiro atoms. The Morgan fingerprint density at radius 3 is 1.87 bits per heavy atom. The van der Waals surface area contributed by atoms with E-state index in [1.165, 1.54) is 0 Å². The van der Waals surface area contributed by atoms with Crippen LogP contribution in [0.5, 0.6) is 5.75 Å². The molecule has 0 radical (unpaired) electrons. The maximum Gasteiger partial charge on any atom is 0.196 e. The van der Waals surface area contributed by atoms with Gasteiger partial charge in [-0.25, -0.2) is 0 Å².